The summed E-state index contributed by atoms with van der Waals surface area (Å²) in [7, 11) is 0. The fourth-order valence-electron chi connectivity index (χ4n) is 3.77. The summed E-state index contributed by atoms with van der Waals surface area (Å²) in [4.78, 5) is 61.1. The maximum atomic E-state index is 12.7. The van der Waals surface area contributed by atoms with Crippen molar-refractivity contribution in [3.63, 3.8) is 0 Å². The Morgan fingerprint density at radius 3 is 2.45 bits per heavy atom. The fourth-order valence-corrected chi connectivity index (χ4v) is 3.77. The molecule has 2 aromatic rings. The molecule has 9 nitrogen and oxygen atoms in total. The zero-order valence-corrected chi connectivity index (χ0v) is 16.4. The Balaban J connectivity index is 1.43. The highest BCUT2D eigenvalue weighted by Gasteiger charge is 2.39. The number of carboxylic acids is 1. The zero-order chi connectivity index (χ0) is 22.1. The number of hydrogen-bond donors (Lipinski definition) is 3. The van der Waals surface area contributed by atoms with Crippen LogP contribution in [-0.2, 0) is 22.7 Å². The molecule has 0 spiro atoms. The lowest BCUT2D eigenvalue weighted by Gasteiger charge is -2.29. The molecule has 2 aliphatic heterocycles. The van der Waals surface area contributed by atoms with Crippen molar-refractivity contribution in [3.8, 4) is 0 Å². The topological polar surface area (TPSA) is 133 Å². The van der Waals surface area contributed by atoms with E-state index in [4.69, 9.17) is 5.11 Å². The van der Waals surface area contributed by atoms with Crippen LogP contribution in [0, 0.1) is 0 Å². The Hall–Kier alpha value is -4.01. The smallest absolute Gasteiger partial charge is 0.335 e. The van der Waals surface area contributed by atoms with Crippen LogP contribution in [0.4, 0.5) is 0 Å². The molecular weight excluding hydrogens is 402 g/mol. The number of hydrogen-bond acceptors (Lipinski definition) is 5. The van der Waals surface area contributed by atoms with E-state index in [0.717, 1.165) is 5.56 Å². The second-order valence-corrected chi connectivity index (χ2v) is 7.46. The van der Waals surface area contributed by atoms with Gasteiger partial charge in [0, 0.05) is 30.6 Å². The molecule has 1 atom stereocenters. The summed E-state index contributed by atoms with van der Waals surface area (Å²) >= 11 is 0. The molecule has 158 valence electrons. The number of amides is 4. The van der Waals surface area contributed by atoms with Gasteiger partial charge in [-0.15, -0.1) is 0 Å². The number of piperidine rings is 1. The number of nitrogens with one attached hydrogen (secondary N) is 2. The van der Waals surface area contributed by atoms with Crippen LogP contribution < -0.4 is 10.6 Å². The zero-order valence-electron chi connectivity index (χ0n) is 16.4. The van der Waals surface area contributed by atoms with Crippen LogP contribution in [0.25, 0.3) is 0 Å². The van der Waals surface area contributed by atoms with Gasteiger partial charge in [0.2, 0.25) is 11.8 Å². The van der Waals surface area contributed by atoms with Crippen molar-refractivity contribution in [2.75, 3.05) is 0 Å². The molecule has 3 N–H and O–H groups in total. The van der Waals surface area contributed by atoms with Crippen LogP contribution in [0.2, 0.25) is 0 Å². The molecule has 9 heteroatoms. The number of benzene rings is 2. The van der Waals surface area contributed by atoms with E-state index in [0.29, 0.717) is 16.7 Å². The maximum absolute atomic E-state index is 12.7. The minimum Gasteiger partial charge on any atom is -0.478 e. The molecule has 2 aliphatic rings. The van der Waals surface area contributed by atoms with Crippen LogP contribution in [0.15, 0.2) is 42.5 Å². The molecule has 1 unspecified atom stereocenters. The van der Waals surface area contributed by atoms with Crippen molar-refractivity contribution in [3.05, 3.63) is 70.3 Å². The van der Waals surface area contributed by atoms with Gasteiger partial charge in [-0.05, 0) is 47.9 Å². The number of aromatic carboxylic acids is 1. The van der Waals surface area contributed by atoms with Gasteiger partial charge in [0.1, 0.15) is 6.04 Å². The third-order valence-corrected chi connectivity index (χ3v) is 5.44. The van der Waals surface area contributed by atoms with Crippen LogP contribution in [0.5, 0.6) is 0 Å². The Labute approximate surface area is 177 Å². The Morgan fingerprint density at radius 1 is 1.06 bits per heavy atom. The molecule has 0 radical (unpaired) electrons. The minimum atomic E-state index is -1.02. The van der Waals surface area contributed by atoms with Gasteiger partial charge in [-0.3, -0.25) is 24.5 Å². The van der Waals surface area contributed by atoms with Crippen molar-refractivity contribution in [2.24, 2.45) is 0 Å². The van der Waals surface area contributed by atoms with E-state index in [-0.39, 0.29) is 49.2 Å². The first kappa shape index (κ1) is 20.3. The summed E-state index contributed by atoms with van der Waals surface area (Å²) in [6, 6.07) is 10.2. The van der Waals surface area contributed by atoms with Gasteiger partial charge in [0.05, 0.1) is 5.56 Å². The lowest BCUT2D eigenvalue weighted by atomic mass is 10.0. The standard InChI is InChI=1S/C22H19N3O6/c26-18-8-7-17(20(28)24-18)25-11-15-9-14(5-6-16(15)21(25)29)19(27)23-10-12-1-3-13(4-2-12)22(30)31/h1-6,9,17H,7-8,10-11H2,(H,23,27)(H,30,31)(H,24,26,28). The van der Waals surface area contributed by atoms with E-state index in [9.17, 15) is 24.0 Å². The highest BCUT2D eigenvalue weighted by molar-refractivity contribution is 6.06. The number of carbonyl (C=O) groups excluding carboxylic acids is 4. The molecule has 2 heterocycles. The van der Waals surface area contributed by atoms with Gasteiger partial charge in [-0.1, -0.05) is 12.1 Å². The van der Waals surface area contributed by atoms with Gasteiger partial charge < -0.3 is 15.3 Å². The average Bonchev–Trinajstić information content (AvgIpc) is 3.08. The fraction of sp³-hybridized carbons (Fsp3) is 0.227. The summed E-state index contributed by atoms with van der Waals surface area (Å²) in [6.07, 6.45) is 0.454. The molecule has 1 saturated heterocycles. The molecule has 4 rings (SSSR count). The molecule has 0 bridgehead atoms. The molecule has 4 amide bonds. The quantitative estimate of drug-likeness (QED) is 0.619. The number of rotatable bonds is 5. The Morgan fingerprint density at radius 2 is 1.77 bits per heavy atom. The lowest BCUT2D eigenvalue weighted by Crippen LogP contribution is -2.52. The monoisotopic (exact) mass is 421 g/mol. The summed E-state index contributed by atoms with van der Waals surface area (Å²) in [6.45, 7) is 0.412. The molecule has 2 aromatic carbocycles. The molecule has 0 aliphatic carbocycles. The molecule has 0 saturated carbocycles. The molecule has 31 heavy (non-hydrogen) atoms. The predicted molar refractivity (Wildman–Crippen MR) is 107 cm³/mol. The number of carboxylic acid groups (broad SMARTS) is 1. The Bertz CT molecular complexity index is 1110. The van der Waals surface area contributed by atoms with Crippen molar-refractivity contribution in [1.82, 2.24) is 15.5 Å². The van der Waals surface area contributed by atoms with Crippen LogP contribution in [0.1, 0.15) is 55.0 Å². The third-order valence-electron chi connectivity index (χ3n) is 5.44. The van der Waals surface area contributed by atoms with Crippen LogP contribution >= 0.6 is 0 Å². The predicted octanol–water partition coefficient (Wildman–Crippen LogP) is 1.08. The average molecular weight is 421 g/mol. The largest absolute Gasteiger partial charge is 0.478 e. The summed E-state index contributed by atoms with van der Waals surface area (Å²) < 4.78 is 0. The number of carbonyl (C=O) groups is 5. The van der Waals surface area contributed by atoms with Crippen LogP contribution in [0.3, 0.4) is 0 Å². The van der Waals surface area contributed by atoms with Crippen molar-refractivity contribution in [1.29, 1.82) is 0 Å². The van der Waals surface area contributed by atoms with Crippen molar-refractivity contribution >= 4 is 29.6 Å². The second-order valence-electron chi connectivity index (χ2n) is 7.46. The van der Waals surface area contributed by atoms with E-state index in [1.165, 1.54) is 17.0 Å². The maximum Gasteiger partial charge on any atom is 0.335 e. The SMILES string of the molecule is O=C1CCC(N2Cc3cc(C(=O)NCc4ccc(C(=O)O)cc4)ccc3C2=O)C(=O)N1. The van der Waals surface area contributed by atoms with E-state index in [2.05, 4.69) is 10.6 Å². The minimum absolute atomic E-state index is 0.166. The number of fused-ring (bicyclic) bond motifs is 1. The highest BCUT2D eigenvalue weighted by Crippen LogP contribution is 2.28. The van der Waals surface area contributed by atoms with Gasteiger partial charge in [-0.25, -0.2) is 4.79 Å². The van der Waals surface area contributed by atoms with Gasteiger partial charge in [0.25, 0.3) is 11.8 Å². The normalized spacial score (nSPS) is 17.9. The first-order valence-corrected chi connectivity index (χ1v) is 9.71. The lowest BCUT2D eigenvalue weighted by molar-refractivity contribution is -0.136. The van der Waals surface area contributed by atoms with E-state index in [1.54, 1.807) is 30.3 Å². The van der Waals surface area contributed by atoms with E-state index < -0.39 is 17.9 Å². The number of nitrogens with zero attached hydrogens (tertiary/aromatic N) is 1. The first-order valence-electron chi connectivity index (χ1n) is 9.71. The first-order chi connectivity index (χ1) is 14.8. The van der Waals surface area contributed by atoms with Gasteiger partial charge in [-0.2, -0.15) is 0 Å². The van der Waals surface area contributed by atoms with E-state index >= 15 is 0 Å². The molecular formula is C22H19N3O6. The summed E-state index contributed by atoms with van der Waals surface area (Å²) in [5.41, 5.74) is 2.37. The second kappa shape index (κ2) is 8.02. The molecule has 0 aromatic heterocycles. The van der Waals surface area contributed by atoms with Crippen LogP contribution in [-0.4, -0.2) is 45.6 Å². The van der Waals surface area contributed by atoms with Gasteiger partial charge in [0.15, 0.2) is 0 Å². The highest BCUT2D eigenvalue weighted by atomic mass is 16.4. The number of imide groups is 1. The summed E-state index contributed by atoms with van der Waals surface area (Å²) in [5.74, 6) is -2.48. The van der Waals surface area contributed by atoms with Gasteiger partial charge >= 0.3 is 5.97 Å². The molecule has 1 fully saturated rings. The van der Waals surface area contributed by atoms with Crippen molar-refractivity contribution in [2.45, 2.75) is 32.0 Å². The Kier molecular flexibility index (Phi) is 5.24. The third kappa shape index (κ3) is 4.02. The van der Waals surface area contributed by atoms with E-state index in [1.807, 2.05) is 0 Å². The van der Waals surface area contributed by atoms with Crippen molar-refractivity contribution < 1.29 is 29.1 Å². The summed E-state index contributed by atoms with van der Waals surface area (Å²) in [5, 5.41) is 14.0.